The summed E-state index contributed by atoms with van der Waals surface area (Å²) in [7, 11) is 0. The normalized spacial score (nSPS) is 11.0. The number of anilines is 1. The molecular weight excluding hydrogens is 394 g/mol. The Bertz CT molecular complexity index is 840. The van der Waals surface area contributed by atoms with E-state index in [2.05, 4.69) is 62.8 Å². The van der Waals surface area contributed by atoms with E-state index in [1.807, 2.05) is 18.2 Å². The lowest BCUT2D eigenvalue weighted by Gasteiger charge is -2.11. The van der Waals surface area contributed by atoms with Gasteiger partial charge in [-0.3, -0.25) is 0 Å². The standard InChI is InChI=1S/C16H13Br2N3/c1-8-4-3-5-9(2)13(8)16-20-14-11(15(19)21-16)6-10(17)7-12(14)18/h3-7H,1-2H3,(H2,19,20,21). The Morgan fingerprint density at radius 2 is 1.67 bits per heavy atom. The third-order valence-electron chi connectivity index (χ3n) is 3.45. The zero-order valence-electron chi connectivity index (χ0n) is 11.6. The zero-order valence-corrected chi connectivity index (χ0v) is 14.8. The minimum absolute atomic E-state index is 0.486. The van der Waals surface area contributed by atoms with E-state index in [0.717, 1.165) is 36.5 Å². The number of nitrogens with zero attached hydrogens (tertiary/aromatic N) is 2. The molecule has 0 unspecified atom stereocenters. The van der Waals surface area contributed by atoms with E-state index < -0.39 is 0 Å². The molecule has 0 amide bonds. The number of aromatic nitrogens is 2. The van der Waals surface area contributed by atoms with E-state index >= 15 is 0 Å². The molecule has 2 aromatic carbocycles. The summed E-state index contributed by atoms with van der Waals surface area (Å²) in [4.78, 5) is 9.21. The Kier molecular flexibility index (Phi) is 3.71. The van der Waals surface area contributed by atoms with Gasteiger partial charge in [-0.05, 0) is 53.0 Å². The van der Waals surface area contributed by atoms with Gasteiger partial charge >= 0.3 is 0 Å². The summed E-state index contributed by atoms with van der Waals surface area (Å²) in [5.41, 5.74) is 10.3. The fourth-order valence-electron chi connectivity index (χ4n) is 2.46. The first kappa shape index (κ1) is 14.5. The molecule has 0 aliphatic rings. The quantitative estimate of drug-likeness (QED) is 0.617. The van der Waals surface area contributed by atoms with Crippen LogP contribution in [0.1, 0.15) is 11.1 Å². The average Bonchev–Trinajstić information content (AvgIpc) is 2.40. The molecule has 3 nitrogen and oxygen atoms in total. The molecule has 1 heterocycles. The summed E-state index contributed by atoms with van der Waals surface area (Å²) in [5, 5.41) is 0.839. The van der Waals surface area contributed by atoms with Gasteiger partial charge in [0.05, 0.1) is 5.52 Å². The van der Waals surface area contributed by atoms with Crippen molar-refractivity contribution >= 4 is 48.6 Å². The van der Waals surface area contributed by atoms with E-state index in [4.69, 9.17) is 10.7 Å². The highest BCUT2D eigenvalue weighted by atomic mass is 79.9. The smallest absolute Gasteiger partial charge is 0.162 e. The molecule has 0 fully saturated rings. The molecule has 0 radical (unpaired) electrons. The molecule has 0 bridgehead atoms. The summed E-state index contributed by atoms with van der Waals surface area (Å²) >= 11 is 7.01. The van der Waals surface area contributed by atoms with Crippen molar-refractivity contribution in [1.82, 2.24) is 9.97 Å². The number of benzene rings is 2. The first-order valence-electron chi connectivity index (χ1n) is 6.46. The number of nitrogens with two attached hydrogens (primary N) is 1. The van der Waals surface area contributed by atoms with Gasteiger partial charge in [-0.15, -0.1) is 0 Å². The molecule has 106 valence electrons. The van der Waals surface area contributed by atoms with Crippen molar-refractivity contribution in [3.05, 3.63) is 50.4 Å². The van der Waals surface area contributed by atoms with Crippen molar-refractivity contribution < 1.29 is 0 Å². The van der Waals surface area contributed by atoms with E-state index in [9.17, 15) is 0 Å². The molecule has 0 saturated carbocycles. The van der Waals surface area contributed by atoms with Crippen LogP contribution < -0.4 is 5.73 Å². The van der Waals surface area contributed by atoms with Gasteiger partial charge in [0.2, 0.25) is 0 Å². The maximum Gasteiger partial charge on any atom is 0.162 e. The highest BCUT2D eigenvalue weighted by Crippen LogP contribution is 2.33. The Balaban J connectivity index is 2.36. The summed E-state index contributed by atoms with van der Waals surface area (Å²) in [6.45, 7) is 4.12. The van der Waals surface area contributed by atoms with Gasteiger partial charge in [0, 0.05) is 19.9 Å². The van der Waals surface area contributed by atoms with Gasteiger partial charge in [-0.25, -0.2) is 9.97 Å². The number of hydrogen-bond donors (Lipinski definition) is 1. The van der Waals surface area contributed by atoms with Crippen LogP contribution in [0.2, 0.25) is 0 Å². The number of hydrogen-bond acceptors (Lipinski definition) is 3. The maximum atomic E-state index is 6.14. The van der Waals surface area contributed by atoms with Gasteiger partial charge in [0.15, 0.2) is 5.82 Å². The molecule has 2 N–H and O–H groups in total. The third kappa shape index (κ3) is 2.56. The zero-order chi connectivity index (χ0) is 15.1. The predicted octanol–water partition coefficient (Wildman–Crippen LogP) is 5.02. The van der Waals surface area contributed by atoms with Crippen LogP contribution in [0.5, 0.6) is 0 Å². The molecule has 0 atom stereocenters. The summed E-state index contributed by atoms with van der Waals surface area (Å²) in [6, 6.07) is 10.0. The van der Waals surface area contributed by atoms with Crippen LogP contribution in [0.25, 0.3) is 22.3 Å². The minimum atomic E-state index is 0.486. The van der Waals surface area contributed by atoms with Crippen LogP contribution in [0, 0.1) is 13.8 Å². The Hall–Kier alpha value is -1.46. The van der Waals surface area contributed by atoms with Crippen molar-refractivity contribution in [3.8, 4) is 11.4 Å². The Morgan fingerprint density at radius 3 is 2.33 bits per heavy atom. The predicted molar refractivity (Wildman–Crippen MR) is 94.3 cm³/mol. The Labute approximate surface area is 139 Å². The molecule has 0 aliphatic carbocycles. The number of aryl methyl sites for hydroxylation is 2. The molecule has 1 aromatic heterocycles. The van der Waals surface area contributed by atoms with E-state index in [1.54, 1.807) is 0 Å². The van der Waals surface area contributed by atoms with Crippen molar-refractivity contribution in [2.24, 2.45) is 0 Å². The van der Waals surface area contributed by atoms with Crippen molar-refractivity contribution in [3.63, 3.8) is 0 Å². The van der Waals surface area contributed by atoms with Crippen molar-refractivity contribution in [2.45, 2.75) is 13.8 Å². The van der Waals surface area contributed by atoms with Gasteiger partial charge in [-0.2, -0.15) is 0 Å². The molecule has 0 saturated heterocycles. The largest absolute Gasteiger partial charge is 0.383 e. The van der Waals surface area contributed by atoms with Crippen LogP contribution >= 0.6 is 31.9 Å². The summed E-state index contributed by atoms with van der Waals surface area (Å²) in [5.74, 6) is 1.15. The topological polar surface area (TPSA) is 51.8 Å². The Morgan fingerprint density at radius 1 is 1.00 bits per heavy atom. The third-order valence-corrected chi connectivity index (χ3v) is 4.52. The van der Waals surface area contributed by atoms with Crippen LogP contribution in [0.15, 0.2) is 39.3 Å². The van der Waals surface area contributed by atoms with Crippen LogP contribution in [-0.4, -0.2) is 9.97 Å². The number of nitrogen functional groups attached to an aromatic ring is 1. The molecular formula is C16H13Br2N3. The minimum Gasteiger partial charge on any atom is -0.383 e. The summed E-state index contributed by atoms with van der Waals surface area (Å²) < 4.78 is 1.84. The van der Waals surface area contributed by atoms with E-state index in [0.29, 0.717) is 11.6 Å². The average molecular weight is 407 g/mol. The molecule has 3 rings (SSSR count). The van der Waals surface area contributed by atoms with E-state index in [-0.39, 0.29) is 0 Å². The molecule has 0 spiro atoms. The maximum absolute atomic E-state index is 6.14. The molecule has 0 aliphatic heterocycles. The monoisotopic (exact) mass is 405 g/mol. The van der Waals surface area contributed by atoms with Crippen LogP contribution in [-0.2, 0) is 0 Å². The second kappa shape index (κ2) is 5.39. The van der Waals surface area contributed by atoms with Crippen LogP contribution in [0.3, 0.4) is 0 Å². The number of halogens is 2. The summed E-state index contributed by atoms with van der Waals surface area (Å²) in [6.07, 6.45) is 0. The fraction of sp³-hybridized carbons (Fsp3) is 0.125. The second-order valence-corrected chi connectivity index (χ2v) is 6.75. The highest BCUT2D eigenvalue weighted by Gasteiger charge is 2.13. The molecule has 3 aromatic rings. The first-order valence-corrected chi connectivity index (χ1v) is 8.05. The van der Waals surface area contributed by atoms with Crippen LogP contribution in [0.4, 0.5) is 5.82 Å². The van der Waals surface area contributed by atoms with Crippen molar-refractivity contribution in [2.75, 3.05) is 5.73 Å². The highest BCUT2D eigenvalue weighted by molar-refractivity contribution is 9.11. The molecule has 21 heavy (non-hydrogen) atoms. The van der Waals surface area contributed by atoms with E-state index in [1.165, 1.54) is 0 Å². The van der Waals surface area contributed by atoms with Crippen molar-refractivity contribution in [1.29, 1.82) is 0 Å². The number of fused-ring (bicyclic) bond motifs is 1. The fourth-order valence-corrected chi connectivity index (χ4v) is 3.77. The first-order chi connectivity index (χ1) is 9.97. The lowest BCUT2D eigenvalue weighted by atomic mass is 10.0. The molecule has 5 heteroatoms. The SMILES string of the molecule is Cc1cccc(C)c1-c1nc(N)c2cc(Br)cc(Br)c2n1. The lowest BCUT2D eigenvalue weighted by molar-refractivity contribution is 1.20. The second-order valence-electron chi connectivity index (χ2n) is 4.98. The van der Waals surface area contributed by atoms with Gasteiger partial charge in [-0.1, -0.05) is 34.1 Å². The van der Waals surface area contributed by atoms with Gasteiger partial charge < -0.3 is 5.73 Å². The lowest BCUT2D eigenvalue weighted by Crippen LogP contribution is -2.00. The number of rotatable bonds is 1. The van der Waals surface area contributed by atoms with Gasteiger partial charge in [0.25, 0.3) is 0 Å². The van der Waals surface area contributed by atoms with Gasteiger partial charge in [0.1, 0.15) is 5.82 Å².